The molecule has 1 aliphatic carbocycles. The van der Waals surface area contributed by atoms with Crippen molar-refractivity contribution in [3.63, 3.8) is 0 Å². The molecule has 19 heavy (non-hydrogen) atoms. The van der Waals surface area contributed by atoms with Crippen LogP contribution in [0.15, 0.2) is 0 Å². The second-order valence-electron chi connectivity index (χ2n) is 5.25. The van der Waals surface area contributed by atoms with Crippen LogP contribution in [0.4, 0.5) is 4.79 Å². The van der Waals surface area contributed by atoms with E-state index in [9.17, 15) is 14.7 Å². The Bertz CT molecular complexity index is 307. The van der Waals surface area contributed by atoms with Crippen LogP contribution in [0.2, 0.25) is 0 Å². The first kappa shape index (κ1) is 15.8. The topological polar surface area (TPSA) is 69.6 Å². The molecule has 0 radical (unpaired) electrons. The molecule has 0 aliphatic heterocycles. The molecule has 5 nitrogen and oxygen atoms in total. The summed E-state index contributed by atoms with van der Waals surface area (Å²) in [6.07, 6.45) is 4.62. The number of nitrogens with one attached hydrogen (secondary N) is 1. The highest BCUT2D eigenvalue weighted by molar-refractivity contribution is 5.74. The quantitative estimate of drug-likeness (QED) is 0.778. The first-order valence-electron chi connectivity index (χ1n) is 7.35. The van der Waals surface area contributed by atoms with Gasteiger partial charge in [0.15, 0.2) is 0 Å². The fourth-order valence-corrected chi connectivity index (χ4v) is 2.78. The Balaban J connectivity index is 2.45. The molecule has 2 amide bonds. The van der Waals surface area contributed by atoms with Gasteiger partial charge in [-0.05, 0) is 32.1 Å². The number of rotatable bonds is 6. The summed E-state index contributed by atoms with van der Waals surface area (Å²) >= 11 is 0. The molecule has 2 N–H and O–H groups in total. The lowest BCUT2D eigenvalue weighted by atomic mass is 9.79. The van der Waals surface area contributed by atoms with Crippen LogP contribution < -0.4 is 5.32 Å². The molecule has 2 unspecified atom stereocenters. The number of carbonyl (C=O) groups excluding carboxylic acids is 1. The van der Waals surface area contributed by atoms with Gasteiger partial charge in [-0.3, -0.25) is 4.79 Å². The van der Waals surface area contributed by atoms with Gasteiger partial charge in [0.1, 0.15) is 0 Å². The standard InChI is InChI=1S/C14H26N2O3/c1-3-9-16(4-2)14(19)15-10-11-7-5-6-8-12(11)13(17)18/h11-12H,3-10H2,1-2H3,(H,15,19)(H,17,18). The summed E-state index contributed by atoms with van der Waals surface area (Å²) < 4.78 is 0. The first-order valence-corrected chi connectivity index (χ1v) is 7.35. The minimum absolute atomic E-state index is 0.0703. The number of carboxylic acids is 1. The van der Waals surface area contributed by atoms with Crippen LogP contribution in [0.25, 0.3) is 0 Å². The third-order valence-electron chi connectivity index (χ3n) is 3.90. The monoisotopic (exact) mass is 270 g/mol. The van der Waals surface area contributed by atoms with Crippen LogP contribution in [-0.2, 0) is 4.79 Å². The van der Waals surface area contributed by atoms with E-state index in [1.807, 2.05) is 13.8 Å². The average Bonchev–Trinajstić information content (AvgIpc) is 2.42. The van der Waals surface area contributed by atoms with E-state index in [1.54, 1.807) is 4.90 Å². The maximum absolute atomic E-state index is 12.0. The van der Waals surface area contributed by atoms with E-state index in [0.717, 1.165) is 38.6 Å². The second-order valence-corrected chi connectivity index (χ2v) is 5.25. The Morgan fingerprint density at radius 1 is 1.26 bits per heavy atom. The molecular formula is C14H26N2O3. The molecule has 1 aliphatic rings. The fraction of sp³-hybridized carbons (Fsp3) is 0.857. The molecule has 1 rings (SSSR count). The summed E-state index contributed by atoms with van der Waals surface area (Å²) in [6.45, 7) is 5.91. The Kier molecular flexibility index (Phi) is 6.67. The molecule has 0 saturated heterocycles. The molecule has 1 fully saturated rings. The van der Waals surface area contributed by atoms with Gasteiger partial charge < -0.3 is 15.3 Å². The number of carboxylic acid groups (broad SMARTS) is 1. The summed E-state index contributed by atoms with van der Waals surface area (Å²) in [5.41, 5.74) is 0. The van der Waals surface area contributed by atoms with Crippen molar-refractivity contribution in [2.24, 2.45) is 11.8 Å². The van der Waals surface area contributed by atoms with E-state index in [0.29, 0.717) is 13.1 Å². The number of hydrogen-bond acceptors (Lipinski definition) is 2. The van der Waals surface area contributed by atoms with Crippen molar-refractivity contribution in [2.75, 3.05) is 19.6 Å². The molecule has 5 heteroatoms. The Morgan fingerprint density at radius 2 is 1.95 bits per heavy atom. The predicted molar refractivity (Wildman–Crippen MR) is 74.0 cm³/mol. The largest absolute Gasteiger partial charge is 0.481 e. The third kappa shape index (κ3) is 4.73. The third-order valence-corrected chi connectivity index (χ3v) is 3.90. The van der Waals surface area contributed by atoms with Crippen molar-refractivity contribution in [3.05, 3.63) is 0 Å². The molecule has 0 spiro atoms. The normalized spacial score (nSPS) is 22.8. The van der Waals surface area contributed by atoms with Crippen LogP contribution in [0.3, 0.4) is 0 Å². The lowest BCUT2D eigenvalue weighted by Crippen LogP contribution is -2.44. The van der Waals surface area contributed by atoms with E-state index in [1.165, 1.54) is 0 Å². The summed E-state index contributed by atoms with van der Waals surface area (Å²) in [6, 6.07) is -0.0703. The van der Waals surface area contributed by atoms with Crippen molar-refractivity contribution >= 4 is 12.0 Å². The number of nitrogens with zero attached hydrogens (tertiary/aromatic N) is 1. The molecule has 1 saturated carbocycles. The van der Waals surface area contributed by atoms with Crippen LogP contribution >= 0.6 is 0 Å². The number of carbonyl (C=O) groups is 2. The minimum atomic E-state index is -0.722. The Morgan fingerprint density at radius 3 is 2.53 bits per heavy atom. The van der Waals surface area contributed by atoms with Gasteiger partial charge in [0.05, 0.1) is 5.92 Å². The van der Waals surface area contributed by atoms with Crippen molar-refractivity contribution in [2.45, 2.75) is 46.0 Å². The molecule has 2 atom stereocenters. The van der Waals surface area contributed by atoms with E-state index in [4.69, 9.17) is 0 Å². The van der Waals surface area contributed by atoms with E-state index < -0.39 is 5.97 Å². The van der Waals surface area contributed by atoms with E-state index >= 15 is 0 Å². The number of urea groups is 1. The lowest BCUT2D eigenvalue weighted by molar-refractivity contribution is -0.144. The van der Waals surface area contributed by atoms with Crippen LogP contribution in [-0.4, -0.2) is 41.6 Å². The summed E-state index contributed by atoms with van der Waals surface area (Å²) in [5.74, 6) is -0.939. The van der Waals surface area contributed by atoms with Gasteiger partial charge in [0, 0.05) is 19.6 Å². The van der Waals surface area contributed by atoms with Crippen molar-refractivity contribution < 1.29 is 14.7 Å². The van der Waals surface area contributed by atoms with Gasteiger partial charge in [-0.2, -0.15) is 0 Å². The molecule has 110 valence electrons. The number of amides is 2. The highest BCUT2D eigenvalue weighted by atomic mass is 16.4. The van der Waals surface area contributed by atoms with E-state index in [2.05, 4.69) is 5.32 Å². The Labute approximate surface area is 115 Å². The number of hydrogen-bond donors (Lipinski definition) is 2. The van der Waals surface area contributed by atoms with Crippen LogP contribution in [0.1, 0.15) is 46.0 Å². The van der Waals surface area contributed by atoms with Crippen molar-refractivity contribution in [1.29, 1.82) is 0 Å². The number of aliphatic carboxylic acids is 1. The fourth-order valence-electron chi connectivity index (χ4n) is 2.78. The van der Waals surface area contributed by atoms with Gasteiger partial charge in [0.2, 0.25) is 0 Å². The first-order chi connectivity index (χ1) is 9.10. The summed E-state index contributed by atoms with van der Waals surface area (Å²) in [5, 5.41) is 12.1. The molecular weight excluding hydrogens is 244 g/mol. The van der Waals surface area contributed by atoms with Gasteiger partial charge in [-0.25, -0.2) is 4.79 Å². The highest BCUT2D eigenvalue weighted by Crippen LogP contribution is 2.29. The van der Waals surface area contributed by atoms with Crippen molar-refractivity contribution in [1.82, 2.24) is 10.2 Å². The molecule has 0 aromatic carbocycles. The minimum Gasteiger partial charge on any atom is -0.481 e. The molecule has 0 aromatic rings. The van der Waals surface area contributed by atoms with Crippen molar-refractivity contribution in [3.8, 4) is 0 Å². The maximum Gasteiger partial charge on any atom is 0.317 e. The summed E-state index contributed by atoms with van der Waals surface area (Å²) in [4.78, 5) is 24.9. The molecule has 0 bridgehead atoms. The van der Waals surface area contributed by atoms with Gasteiger partial charge in [-0.15, -0.1) is 0 Å². The lowest BCUT2D eigenvalue weighted by Gasteiger charge is -2.29. The molecule has 0 aromatic heterocycles. The smallest absolute Gasteiger partial charge is 0.317 e. The maximum atomic E-state index is 12.0. The summed E-state index contributed by atoms with van der Waals surface area (Å²) in [7, 11) is 0. The predicted octanol–water partition coefficient (Wildman–Crippen LogP) is 2.32. The Hall–Kier alpha value is -1.26. The van der Waals surface area contributed by atoms with Gasteiger partial charge in [-0.1, -0.05) is 19.8 Å². The van der Waals surface area contributed by atoms with Gasteiger partial charge >= 0.3 is 12.0 Å². The van der Waals surface area contributed by atoms with Crippen LogP contribution in [0, 0.1) is 11.8 Å². The van der Waals surface area contributed by atoms with Gasteiger partial charge in [0.25, 0.3) is 0 Å². The van der Waals surface area contributed by atoms with E-state index in [-0.39, 0.29) is 17.9 Å². The SMILES string of the molecule is CCCN(CC)C(=O)NCC1CCCCC1C(=O)O. The van der Waals surface area contributed by atoms with Crippen LogP contribution in [0.5, 0.6) is 0 Å². The average molecular weight is 270 g/mol. The molecule has 0 heterocycles. The second kappa shape index (κ2) is 8.02. The highest BCUT2D eigenvalue weighted by Gasteiger charge is 2.31. The zero-order chi connectivity index (χ0) is 14.3. The zero-order valence-electron chi connectivity index (χ0n) is 12.0. The zero-order valence-corrected chi connectivity index (χ0v) is 12.0.